The van der Waals surface area contributed by atoms with Gasteiger partial charge < -0.3 is 9.47 Å². The van der Waals surface area contributed by atoms with Crippen molar-refractivity contribution >= 4 is 6.16 Å². The predicted molar refractivity (Wildman–Crippen MR) is 44.8 cm³/mol. The van der Waals surface area contributed by atoms with Crippen LogP contribution in [0.15, 0.2) is 12.2 Å². The van der Waals surface area contributed by atoms with E-state index in [1.54, 1.807) is 0 Å². The van der Waals surface area contributed by atoms with Crippen LogP contribution in [0.5, 0.6) is 0 Å². The molecular weight excluding hydrogens is 156 g/mol. The molecular formula is C9H14O3. The van der Waals surface area contributed by atoms with Gasteiger partial charge in [-0.2, -0.15) is 0 Å². The first-order valence-corrected chi connectivity index (χ1v) is 4.06. The summed E-state index contributed by atoms with van der Waals surface area (Å²) in [7, 11) is 0. The Labute approximate surface area is 72.4 Å². The highest BCUT2D eigenvalue weighted by atomic mass is 16.7. The molecule has 1 saturated heterocycles. The molecule has 0 aromatic carbocycles. The number of carbonyl (C=O) groups is 1. The van der Waals surface area contributed by atoms with Gasteiger partial charge in [-0.15, -0.1) is 0 Å². The monoisotopic (exact) mass is 170 g/mol. The van der Waals surface area contributed by atoms with Gasteiger partial charge in [0.2, 0.25) is 0 Å². The zero-order valence-electron chi connectivity index (χ0n) is 7.55. The van der Waals surface area contributed by atoms with E-state index in [1.165, 1.54) is 0 Å². The smallest absolute Gasteiger partial charge is 0.433 e. The third-order valence-corrected chi connectivity index (χ3v) is 2.30. The topological polar surface area (TPSA) is 35.5 Å². The summed E-state index contributed by atoms with van der Waals surface area (Å²) in [6, 6.07) is 0. The zero-order valence-corrected chi connectivity index (χ0v) is 7.55. The van der Waals surface area contributed by atoms with E-state index in [4.69, 9.17) is 9.47 Å². The first-order valence-electron chi connectivity index (χ1n) is 4.06. The highest BCUT2D eigenvalue weighted by Gasteiger charge is 2.34. The largest absolute Gasteiger partial charge is 0.508 e. The van der Waals surface area contributed by atoms with Crippen molar-refractivity contribution in [1.29, 1.82) is 0 Å². The zero-order chi connectivity index (χ0) is 9.19. The fourth-order valence-electron chi connectivity index (χ4n) is 1.15. The van der Waals surface area contributed by atoms with E-state index >= 15 is 0 Å². The van der Waals surface area contributed by atoms with Crippen molar-refractivity contribution in [2.45, 2.75) is 20.3 Å². The van der Waals surface area contributed by atoms with E-state index in [2.05, 4.69) is 6.58 Å². The summed E-state index contributed by atoms with van der Waals surface area (Å²) in [4.78, 5) is 10.6. The molecule has 1 aliphatic rings. The maximum absolute atomic E-state index is 10.6. The molecule has 1 fully saturated rings. The molecule has 0 aromatic heterocycles. The van der Waals surface area contributed by atoms with Crippen LogP contribution < -0.4 is 0 Å². The quantitative estimate of drug-likeness (QED) is 0.470. The van der Waals surface area contributed by atoms with Gasteiger partial charge in [0.15, 0.2) is 0 Å². The maximum Gasteiger partial charge on any atom is 0.508 e. The van der Waals surface area contributed by atoms with E-state index < -0.39 is 6.16 Å². The second kappa shape index (κ2) is 3.17. The molecule has 0 bridgehead atoms. The Hall–Kier alpha value is -0.990. The van der Waals surface area contributed by atoms with Crippen molar-refractivity contribution in [2.75, 3.05) is 13.2 Å². The SMILES string of the molecule is C=C(CC)C1(C)COC(=O)OC1. The van der Waals surface area contributed by atoms with Crippen LogP contribution in [-0.4, -0.2) is 19.4 Å². The molecule has 3 nitrogen and oxygen atoms in total. The third kappa shape index (κ3) is 1.60. The lowest BCUT2D eigenvalue weighted by atomic mass is 9.83. The average Bonchev–Trinajstić information content (AvgIpc) is 2.09. The summed E-state index contributed by atoms with van der Waals surface area (Å²) in [5.41, 5.74) is 0.873. The summed E-state index contributed by atoms with van der Waals surface area (Å²) in [5.74, 6) is 0. The summed E-state index contributed by atoms with van der Waals surface area (Å²) in [6.45, 7) is 8.72. The van der Waals surface area contributed by atoms with Crippen molar-refractivity contribution in [3.8, 4) is 0 Å². The van der Waals surface area contributed by atoms with E-state index in [0.717, 1.165) is 12.0 Å². The number of cyclic esters (lactones) is 2. The Balaban J connectivity index is 2.61. The van der Waals surface area contributed by atoms with E-state index in [9.17, 15) is 4.79 Å². The van der Waals surface area contributed by atoms with Crippen LogP contribution in [0.1, 0.15) is 20.3 Å². The lowest BCUT2D eigenvalue weighted by Crippen LogP contribution is -2.38. The van der Waals surface area contributed by atoms with E-state index in [-0.39, 0.29) is 5.41 Å². The maximum atomic E-state index is 10.6. The third-order valence-electron chi connectivity index (χ3n) is 2.30. The van der Waals surface area contributed by atoms with Crippen molar-refractivity contribution in [3.63, 3.8) is 0 Å². The van der Waals surface area contributed by atoms with Gasteiger partial charge in [-0.1, -0.05) is 19.1 Å². The van der Waals surface area contributed by atoms with Crippen molar-refractivity contribution in [2.24, 2.45) is 5.41 Å². The van der Waals surface area contributed by atoms with Crippen molar-refractivity contribution in [1.82, 2.24) is 0 Å². The number of hydrogen-bond acceptors (Lipinski definition) is 3. The molecule has 1 heterocycles. The van der Waals surface area contributed by atoms with E-state index in [1.807, 2.05) is 13.8 Å². The van der Waals surface area contributed by atoms with Gasteiger partial charge in [-0.25, -0.2) is 4.79 Å². The number of ether oxygens (including phenoxy) is 2. The van der Waals surface area contributed by atoms with Crippen LogP contribution >= 0.6 is 0 Å². The van der Waals surface area contributed by atoms with Crippen molar-refractivity contribution < 1.29 is 14.3 Å². The number of hydrogen-bond donors (Lipinski definition) is 0. The molecule has 0 atom stereocenters. The summed E-state index contributed by atoms with van der Waals surface area (Å²) >= 11 is 0. The Morgan fingerprint density at radius 2 is 2.08 bits per heavy atom. The molecule has 0 amide bonds. The van der Waals surface area contributed by atoms with Gasteiger partial charge in [-0.05, 0) is 13.3 Å². The van der Waals surface area contributed by atoms with Crippen LogP contribution in [0.2, 0.25) is 0 Å². The minimum atomic E-state index is -0.573. The molecule has 1 rings (SSSR count). The van der Waals surface area contributed by atoms with Gasteiger partial charge in [0.1, 0.15) is 13.2 Å². The number of rotatable bonds is 2. The minimum absolute atomic E-state index is 0.192. The Morgan fingerprint density at radius 1 is 1.58 bits per heavy atom. The summed E-state index contributed by atoms with van der Waals surface area (Å²) in [5, 5.41) is 0. The molecule has 0 saturated carbocycles. The molecule has 12 heavy (non-hydrogen) atoms. The highest BCUT2D eigenvalue weighted by molar-refractivity contribution is 5.60. The van der Waals surface area contributed by atoms with Gasteiger partial charge in [-0.3, -0.25) is 0 Å². The molecule has 0 unspecified atom stereocenters. The summed E-state index contributed by atoms with van der Waals surface area (Å²) < 4.78 is 9.59. The summed E-state index contributed by atoms with van der Waals surface area (Å²) in [6.07, 6.45) is 0.314. The molecule has 1 aliphatic heterocycles. The molecule has 0 aliphatic carbocycles. The molecule has 0 N–H and O–H groups in total. The van der Waals surface area contributed by atoms with Crippen LogP contribution in [0, 0.1) is 5.41 Å². The Bertz CT molecular complexity index is 198. The number of carbonyl (C=O) groups excluding carboxylic acids is 1. The van der Waals surface area contributed by atoms with E-state index in [0.29, 0.717) is 13.2 Å². The molecule has 0 spiro atoms. The van der Waals surface area contributed by atoms with Gasteiger partial charge in [0, 0.05) is 0 Å². The first-order chi connectivity index (χ1) is 5.58. The van der Waals surface area contributed by atoms with Gasteiger partial charge in [0.05, 0.1) is 5.41 Å². The second-order valence-corrected chi connectivity index (χ2v) is 3.35. The molecule has 0 aromatic rings. The molecule has 0 radical (unpaired) electrons. The molecule has 68 valence electrons. The lowest BCUT2D eigenvalue weighted by Gasteiger charge is -2.33. The van der Waals surface area contributed by atoms with Crippen molar-refractivity contribution in [3.05, 3.63) is 12.2 Å². The first kappa shape index (κ1) is 9.10. The average molecular weight is 170 g/mol. The molecule has 3 heteroatoms. The lowest BCUT2D eigenvalue weighted by molar-refractivity contribution is -0.0381. The Morgan fingerprint density at radius 3 is 2.50 bits per heavy atom. The normalized spacial score (nSPS) is 21.0. The van der Waals surface area contributed by atoms with Gasteiger partial charge >= 0.3 is 6.16 Å². The second-order valence-electron chi connectivity index (χ2n) is 3.35. The highest BCUT2D eigenvalue weighted by Crippen LogP contribution is 2.31. The predicted octanol–water partition coefficient (Wildman–Crippen LogP) is 2.13. The standard InChI is InChI=1S/C9H14O3/c1-4-7(2)9(3)5-11-8(10)12-6-9/h2,4-6H2,1,3H3. The Kier molecular flexibility index (Phi) is 2.40. The van der Waals surface area contributed by atoms with Crippen LogP contribution in [0.4, 0.5) is 4.79 Å². The fourth-order valence-corrected chi connectivity index (χ4v) is 1.15. The van der Waals surface area contributed by atoms with Crippen LogP contribution in [-0.2, 0) is 9.47 Å². The van der Waals surface area contributed by atoms with Gasteiger partial charge in [0.25, 0.3) is 0 Å². The fraction of sp³-hybridized carbons (Fsp3) is 0.667. The minimum Gasteiger partial charge on any atom is -0.433 e. The van der Waals surface area contributed by atoms with Crippen LogP contribution in [0.3, 0.4) is 0 Å². The van der Waals surface area contributed by atoms with Crippen LogP contribution in [0.25, 0.3) is 0 Å².